The third-order valence-corrected chi connectivity index (χ3v) is 5.25. The molecule has 0 radical (unpaired) electrons. The summed E-state index contributed by atoms with van der Waals surface area (Å²) in [6, 6.07) is 1.55. The summed E-state index contributed by atoms with van der Waals surface area (Å²) in [5.41, 5.74) is 5.89. The summed E-state index contributed by atoms with van der Waals surface area (Å²) in [5, 5.41) is 0. The number of nitrogens with one attached hydrogen (secondary N) is 1. The Morgan fingerprint density at radius 2 is 2.12 bits per heavy atom. The highest BCUT2D eigenvalue weighted by Crippen LogP contribution is 2.29. The number of hydrogen-bond donors (Lipinski definition) is 2. The molecular formula is C9H15ClN2O2S2. The van der Waals surface area contributed by atoms with Crippen LogP contribution >= 0.6 is 22.9 Å². The van der Waals surface area contributed by atoms with Crippen molar-refractivity contribution in [1.82, 2.24) is 4.72 Å². The number of nitrogens with two attached hydrogens (primary N) is 1. The number of sulfonamides is 1. The van der Waals surface area contributed by atoms with Gasteiger partial charge in [0.2, 0.25) is 10.0 Å². The second-order valence-electron chi connectivity index (χ2n) is 4.34. The van der Waals surface area contributed by atoms with Crippen LogP contribution in [0.15, 0.2) is 10.3 Å². The maximum absolute atomic E-state index is 11.8. The van der Waals surface area contributed by atoms with Gasteiger partial charge < -0.3 is 5.73 Å². The van der Waals surface area contributed by atoms with Crippen molar-refractivity contribution in [2.24, 2.45) is 5.73 Å². The van der Waals surface area contributed by atoms with E-state index in [9.17, 15) is 8.42 Å². The zero-order valence-electron chi connectivity index (χ0n) is 9.37. The van der Waals surface area contributed by atoms with E-state index in [1.54, 1.807) is 26.8 Å². The lowest BCUT2D eigenvalue weighted by Gasteiger charge is -2.18. The summed E-state index contributed by atoms with van der Waals surface area (Å²) >= 11 is 6.87. The highest BCUT2D eigenvalue weighted by atomic mass is 35.5. The highest BCUT2D eigenvalue weighted by molar-refractivity contribution is 7.91. The Kier molecular flexibility index (Phi) is 4.02. The Bertz CT molecular complexity index is 455. The molecule has 0 aliphatic heterocycles. The summed E-state index contributed by atoms with van der Waals surface area (Å²) in [4.78, 5) is 0. The number of halogens is 1. The van der Waals surface area contributed by atoms with Gasteiger partial charge in [-0.25, -0.2) is 13.1 Å². The molecule has 0 aliphatic carbocycles. The molecule has 3 N–H and O–H groups in total. The Labute approximate surface area is 105 Å². The Morgan fingerprint density at radius 3 is 2.50 bits per heavy atom. The fraction of sp³-hybridized carbons (Fsp3) is 0.556. The van der Waals surface area contributed by atoms with E-state index in [1.807, 2.05) is 0 Å². The second kappa shape index (κ2) is 4.62. The molecule has 0 saturated heterocycles. The first-order chi connectivity index (χ1) is 7.12. The van der Waals surface area contributed by atoms with Crippen LogP contribution in [0.1, 0.15) is 19.4 Å². The van der Waals surface area contributed by atoms with E-state index in [2.05, 4.69) is 4.72 Å². The van der Waals surface area contributed by atoms with Crippen molar-refractivity contribution >= 4 is 33.0 Å². The second-order valence-corrected chi connectivity index (χ2v) is 7.98. The molecule has 1 heterocycles. The van der Waals surface area contributed by atoms with Gasteiger partial charge in [-0.1, -0.05) is 11.6 Å². The van der Waals surface area contributed by atoms with Gasteiger partial charge in [0.05, 0.1) is 4.34 Å². The lowest BCUT2D eigenvalue weighted by molar-refractivity contribution is 0.498. The minimum Gasteiger partial charge on any atom is -0.324 e. The van der Waals surface area contributed by atoms with Crippen LogP contribution in [0.4, 0.5) is 0 Å². The molecule has 0 unspecified atom stereocenters. The maximum atomic E-state index is 11.8. The SMILES string of the molecule is Cc1cc(S(=O)(=O)NCC(C)(C)N)sc1Cl. The average Bonchev–Trinajstić information content (AvgIpc) is 2.44. The summed E-state index contributed by atoms with van der Waals surface area (Å²) in [6.45, 7) is 5.46. The van der Waals surface area contributed by atoms with Crippen LogP contribution < -0.4 is 10.5 Å². The van der Waals surface area contributed by atoms with Crippen molar-refractivity contribution in [3.8, 4) is 0 Å². The lowest BCUT2D eigenvalue weighted by atomic mass is 10.1. The summed E-state index contributed by atoms with van der Waals surface area (Å²) < 4.78 is 26.8. The van der Waals surface area contributed by atoms with E-state index in [0.29, 0.717) is 4.34 Å². The number of aryl methyl sites for hydroxylation is 1. The zero-order chi connectivity index (χ0) is 12.6. The van der Waals surface area contributed by atoms with Gasteiger partial charge in [0.15, 0.2) is 0 Å². The first kappa shape index (κ1) is 13.9. The molecule has 16 heavy (non-hydrogen) atoms. The van der Waals surface area contributed by atoms with E-state index in [-0.39, 0.29) is 10.8 Å². The summed E-state index contributed by atoms with van der Waals surface area (Å²) in [6.07, 6.45) is 0. The summed E-state index contributed by atoms with van der Waals surface area (Å²) in [5.74, 6) is 0. The Balaban J connectivity index is 2.87. The molecule has 1 aromatic rings. The fourth-order valence-corrected chi connectivity index (χ4v) is 3.89. The summed E-state index contributed by atoms with van der Waals surface area (Å²) in [7, 11) is -3.49. The molecule has 0 amide bonds. The van der Waals surface area contributed by atoms with Crippen LogP contribution in [0.5, 0.6) is 0 Å². The van der Waals surface area contributed by atoms with Gasteiger partial charge in [0.25, 0.3) is 0 Å². The van der Waals surface area contributed by atoms with Crippen molar-refractivity contribution in [2.45, 2.75) is 30.5 Å². The number of rotatable bonds is 4. The van der Waals surface area contributed by atoms with Crippen molar-refractivity contribution in [2.75, 3.05) is 6.54 Å². The van der Waals surface area contributed by atoms with Crippen LogP contribution in [-0.4, -0.2) is 20.5 Å². The third kappa shape index (κ3) is 3.71. The third-order valence-electron chi connectivity index (χ3n) is 1.82. The molecule has 1 aromatic heterocycles. The Morgan fingerprint density at radius 1 is 1.56 bits per heavy atom. The van der Waals surface area contributed by atoms with E-state index in [4.69, 9.17) is 17.3 Å². The van der Waals surface area contributed by atoms with Crippen LogP contribution in [0.3, 0.4) is 0 Å². The standard InChI is InChI=1S/C9H15ClN2O2S2/c1-6-4-7(15-8(6)10)16(13,14)12-5-9(2,3)11/h4,12H,5,11H2,1-3H3. The normalized spacial score (nSPS) is 13.1. The van der Waals surface area contributed by atoms with Crippen LogP contribution in [0.25, 0.3) is 0 Å². The smallest absolute Gasteiger partial charge is 0.250 e. The first-order valence-corrected chi connectivity index (χ1v) is 7.34. The Hall–Kier alpha value is -0.140. The monoisotopic (exact) mass is 282 g/mol. The van der Waals surface area contributed by atoms with Gasteiger partial charge in [-0.15, -0.1) is 11.3 Å². The van der Waals surface area contributed by atoms with E-state index in [1.165, 1.54) is 0 Å². The van der Waals surface area contributed by atoms with Crippen LogP contribution in [0.2, 0.25) is 4.34 Å². The van der Waals surface area contributed by atoms with Gasteiger partial charge in [-0.3, -0.25) is 0 Å². The molecule has 92 valence electrons. The van der Waals surface area contributed by atoms with Crippen molar-refractivity contribution in [3.63, 3.8) is 0 Å². The van der Waals surface area contributed by atoms with Gasteiger partial charge in [0.1, 0.15) is 4.21 Å². The molecule has 1 rings (SSSR count). The molecule has 0 atom stereocenters. The quantitative estimate of drug-likeness (QED) is 0.883. The minimum absolute atomic E-state index is 0.184. The topological polar surface area (TPSA) is 72.2 Å². The maximum Gasteiger partial charge on any atom is 0.250 e. The van der Waals surface area contributed by atoms with Gasteiger partial charge >= 0.3 is 0 Å². The molecular weight excluding hydrogens is 268 g/mol. The van der Waals surface area contributed by atoms with Crippen LogP contribution in [-0.2, 0) is 10.0 Å². The lowest BCUT2D eigenvalue weighted by Crippen LogP contribution is -2.44. The molecule has 0 aliphatic rings. The zero-order valence-corrected chi connectivity index (χ0v) is 11.8. The highest BCUT2D eigenvalue weighted by Gasteiger charge is 2.21. The van der Waals surface area contributed by atoms with Crippen LogP contribution in [0, 0.1) is 6.92 Å². The predicted octanol–water partition coefficient (Wildman–Crippen LogP) is 1.73. The van der Waals surface area contributed by atoms with E-state index < -0.39 is 15.6 Å². The molecule has 7 heteroatoms. The largest absolute Gasteiger partial charge is 0.324 e. The molecule has 0 fully saturated rings. The van der Waals surface area contributed by atoms with Gasteiger partial charge in [-0.05, 0) is 32.4 Å². The number of thiophene rings is 1. The predicted molar refractivity (Wildman–Crippen MR) is 67.5 cm³/mol. The van der Waals surface area contributed by atoms with Crippen molar-refractivity contribution in [1.29, 1.82) is 0 Å². The molecule has 0 saturated carbocycles. The van der Waals surface area contributed by atoms with Crippen molar-refractivity contribution < 1.29 is 8.42 Å². The van der Waals surface area contributed by atoms with Gasteiger partial charge in [-0.2, -0.15) is 0 Å². The molecule has 0 bridgehead atoms. The average molecular weight is 283 g/mol. The first-order valence-electron chi connectivity index (χ1n) is 4.66. The molecule has 4 nitrogen and oxygen atoms in total. The fourth-order valence-electron chi connectivity index (χ4n) is 0.916. The van der Waals surface area contributed by atoms with E-state index >= 15 is 0 Å². The van der Waals surface area contributed by atoms with Gasteiger partial charge in [0, 0.05) is 12.1 Å². The minimum atomic E-state index is -3.49. The van der Waals surface area contributed by atoms with Crippen molar-refractivity contribution in [3.05, 3.63) is 16.0 Å². The number of hydrogen-bond acceptors (Lipinski definition) is 4. The van der Waals surface area contributed by atoms with E-state index in [0.717, 1.165) is 16.9 Å². The molecule has 0 spiro atoms. The molecule has 0 aromatic carbocycles.